The molecule has 2 heterocycles. The van der Waals surface area contributed by atoms with Gasteiger partial charge >= 0.3 is 0 Å². The Bertz CT molecular complexity index is 545. The van der Waals surface area contributed by atoms with E-state index in [4.69, 9.17) is 5.73 Å². The summed E-state index contributed by atoms with van der Waals surface area (Å²) in [5.41, 5.74) is 7.47. The summed E-state index contributed by atoms with van der Waals surface area (Å²) in [6.07, 6.45) is 5.10. The molecule has 7 heteroatoms. The number of nitrogens with one attached hydrogen (secondary N) is 2. The molecule has 0 atom stereocenters. The Hall–Kier alpha value is -2.31. The van der Waals surface area contributed by atoms with Gasteiger partial charge in [0.1, 0.15) is 5.82 Å². The summed E-state index contributed by atoms with van der Waals surface area (Å²) in [5, 5.41) is 6.84. The van der Waals surface area contributed by atoms with Crippen molar-refractivity contribution in [1.82, 2.24) is 25.1 Å². The highest BCUT2D eigenvalue weighted by molar-refractivity contribution is 5.97. The molecule has 2 aromatic rings. The van der Waals surface area contributed by atoms with Crippen LogP contribution in [0.15, 0.2) is 12.4 Å². The van der Waals surface area contributed by atoms with E-state index in [0.717, 1.165) is 24.4 Å². The summed E-state index contributed by atoms with van der Waals surface area (Å²) in [5.74, 6) is 0.506. The molecule has 0 aromatic carbocycles. The summed E-state index contributed by atoms with van der Waals surface area (Å²) in [6.45, 7) is 2.44. The average Bonchev–Trinajstić information content (AvgIpc) is 3.00. The summed E-state index contributed by atoms with van der Waals surface area (Å²) in [7, 11) is 1.69. The zero-order chi connectivity index (χ0) is 13.8. The van der Waals surface area contributed by atoms with Gasteiger partial charge in [-0.05, 0) is 6.42 Å². The lowest BCUT2D eigenvalue weighted by Crippen LogP contribution is -2.27. The van der Waals surface area contributed by atoms with Gasteiger partial charge in [0.05, 0.1) is 17.9 Å². The minimum atomic E-state index is -0.215. The maximum Gasteiger partial charge on any atom is 0.276 e. The van der Waals surface area contributed by atoms with Gasteiger partial charge in [0.2, 0.25) is 0 Å². The van der Waals surface area contributed by atoms with Crippen LogP contribution in [-0.2, 0) is 13.0 Å². The molecule has 0 saturated heterocycles. The van der Waals surface area contributed by atoms with Crippen LogP contribution in [-0.4, -0.2) is 38.0 Å². The number of imidazole rings is 1. The van der Waals surface area contributed by atoms with Crippen molar-refractivity contribution < 1.29 is 4.79 Å². The smallest absolute Gasteiger partial charge is 0.276 e. The van der Waals surface area contributed by atoms with Crippen LogP contribution >= 0.6 is 0 Å². The minimum Gasteiger partial charge on any atom is -0.395 e. The number of hydrogen-bond acceptors (Lipinski definition) is 4. The van der Waals surface area contributed by atoms with Crippen molar-refractivity contribution in [3.8, 4) is 0 Å². The summed E-state index contributed by atoms with van der Waals surface area (Å²) in [6, 6.07) is 0. The predicted octanol–water partition coefficient (Wildman–Crippen LogP) is 0.940. The quantitative estimate of drug-likeness (QED) is 0.745. The van der Waals surface area contributed by atoms with E-state index in [0.29, 0.717) is 12.2 Å². The molecule has 0 saturated carbocycles. The Morgan fingerprint density at radius 2 is 2.32 bits per heavy atom. The molecule has 0 bridgehead atoms. The van der Waals surface area contributed by atoms with Crippen molar-refractivity contribution in [3.05, 3.63) is 29.6 Å². The molecular weight excluding hydrogens is 244 g/mol. The number of aromatic amines is 2. The molecule has 0 aliphatic heterocycles. The molecule has 4 N–H and O–H groups in total. The van der Waals surface area contributed by atoms with Crippen LogP contribution in [0.1, 0.15) is 35.4 Å². The van der Waals surface area contributed by atoms with Crippen molar-refractivity contribution in [3.63, 3.8) is 0 Å². The van der Waals surface area contributed by atoms with E-state index >= 15 is 0 Å². The van der Waals surface area contributed by atoms with Gasteiger partial charge in [-0.3, -0.25) is 9.89 Å². The highest BCUT2D eigenvalue weighted by Gasteiger charge is 2.20. The van der Waals surface area contributed by atoms with E-state index in [2.05, 4.69) is 20.2 Å². The van der Waals surface area contributed by atoms with Gasteiger partial charge in [0.25, 0.3) is 5.91 Å². The van der Waals surface area contributed by atoms with E-state index < -0.39 is 0 Å². The number of nitrogen functional groups attached to an aromatic ring is 1. The van der Waals surface area contributed by atoms with Crippen LogP contribution < -0.4 is 5.73 Å². The van der Waals surface area contributed by atoms with E-state index in [-0.39, 0.29) is 11.6 Å². The summed E-state index contributed by atoms with van der Waals surface area (Å²) < 4.78 is 0. The first kappa shape index (κ1) is 13.1. The van der Waals surface area contributed by atoms with Crippen molar-refractivity contribution in [1.29, 1.82) is 0 Å². The molecule has 1 amide bonds. The lowest BCUT2D eigenvalue weighted by atomic mass is 10.2. The topological polar surface area (TPSA) is 104 Å². The van der Waals surface area contributed by atoms with Crippen LogP contribution in [0, 0.1) is 0 Å². The van der Waals surface area contributed by atoms with Gasteiger partial charge in [0, 0.05) is 19.4 Å². The number of carbonyl (C=O) groups is 1. The van der Waals surface area contributed by atoms with Gasteiger partial charge in [0.15, 0.2) is 5.69 Å². The Balaban J connectivity index is 2.10. The first-order valence-corrected chi connectivity index (χ1v) is 6.20. The molecular formula is C12H18N6O. The molecule has 2 rings (SSSR count). The average molecular weight is 262 g/mol. The van der Waals surface area contributed by atoms with Crippen molar-refractivity contribution in [2.24, 2.45) is 0 Å². The number of carbonyl (C=O) groups excluding carboxylic acids is 1. The van der Waals surface area contributed by atoms with E-state index in [1.807, 2.05) is 6.92 Å². The summed E-state index contributed by atoms with van der Waals surface area (Å²) in [4.78, 5) is 20.8. The second-order valence-corrected chi connectivity index (χ2v) is 4.41. The molecule has 7 nitrogen and oxygen atoms in total. The Labute approximate surface area is 111 Å². The number of H-pyrrole nitrogens is 2. The molecule has 19 heavy (non-hydrogen) atoms. The molecule has 0 unspecified atom stereocenters. The number of hydrogen-bond donors (Lipinski definition) is 3. The zero-order valence-corrected chi connectivity index (χ0v) is 11.1. The number of nitrogens with zero attached hydrogens (tertiary/aromatic N) is 3. The van der Waals surface area contributed by atoms with Crippen LogP contribution in [0.3, 0.4) is 0 Å². The molecule has 0 spiro atoms. The van der Waals surface area contributed by atoms with Crippen molar-refractivity contribution in [2.75, 3.05) is 12.8 Å². The van der Waals surface area contributed by atoms with E-state index in [1.165, 1.54) is 4.90 Å². The normalized spacial score (nSPS) is 10.6. The molecule has 0 radical (unpaired) electrons. The fourth-order valence-corrected chi connectivity index (χ4v) is 1.85. The largest absolute Gasteiger partial charge is 0.395 e. The highest BCUT2D eigenvalue weighted by atomic mass is 16.2. The summed E-state index contributed by atoms with van der Waals surface area (Å²) >= 11 is 0. The number of anilines is 1. The first-order valence-electron chi connectivity index (χ1n) is 6.20. The molecule has 0 aliphatic rings. The molecule has 2 aromatic heterocycles. The SMILES string of the molecule is CCCc1[nH]nc(C(=O)N(C)Cc2ncc[nH]2)c1N. The third-order valence-electron chi connectivity index (χ3n) is 2.87. The molecule has 0 fully saturated rings. The third kappa shape index (κ3) is 2.75. The van der Waals surface area contributed by atoms with Crippen LogP contribution in [0.25, 0.3) is 0 Å². The van der Waals surface area contributed by atoms with Gasteiger partial charge in [-0.25, -0.2) is 4.98 Å². The Morgan fingerprint density at radius 3 is 2.95 bits per heavy atom. The third-order valence-corrected chi connectivity index (χ3v) is 2.87. The van der Waals surface area contributed by atoms with Gasteiger partial charge in [-0.15, -0.1) is 0 Å². The van der Waals surface area contributed by atoms with Crippen LogP contribution in [0.2, 0.25) is 0 Å². The fourth-order valence-electron chi connectivity index (χ4n) is 1.85. The maximum atomic E-state index is 12.2. The van der Waals surface area contributed by atoms with E-state index in [9.17, 15) is 4.79 Å². The second kappa shape index (κ2) is 5.55. The number of amides is 1. The molecule has 0 aliphatic carbocycles. The number of aromatic nitrogens is 4. The van der Waals surface area contributed by atoms with Crippen molar-refractivity contribution >= 4 is 11.6 Å². The van der Waals surface area contributed by atoms with Crippen LogP contribution in [0.5, 0.6) is 0 Å². The minimum absolute atomic E-state index is 0.215. The zero-order valence-electron chi connectivity index (χ0n) is 11.1. The first-order chi connectivity index (χ1) is 9.13. The van der Waals surface area contributed by atoms with Gasteiger partial charge in [-0.1, -0.05) is 13.3 Å². The molecule has 102 valence electrons. The standard InChI is InChI=1S/C12H18N6O/c1-3-4-8-10(13)11(17-16-8)12(19)18(2)7-9-14-5-6-15-9/h5-6H,3-4,7,13H2,1-2H3,(H,14,15)(H,16,17). The second-order valence-electron chi connectivity index (χ2n) is 4.41. The van der Waals surface area contributed by atoms with E-state index in [1.54, 1.807) is 19.4 Å². The van der Waals surface area contributed by atoms with Gasteiger partial charge < -0.3 is 15.6 Å². The Morgan fingerprint density at radius 1 is 1.53 bits per heavy atom. The maximum absolute atomic E-state index is 12.2. The lowest BCUT2D eigenvalue weighted by Gasteiger charge is -2.14. The lowest BCUT2D eigenvalue weighted by molar-refractivity contribution is 0.0777. The fraction of sp³-hybridized carbons (Fsp3) is 0.417. The van der Waals surface area contributed by atoms with Gasteiger partial charge in [-0.2, -0.15) is 5.10 Å². The number of aryl methyl sites for hydroxylation is 1. The number of nitrogens with two attached hydrogens (primary N) is 1. The highest BCUT2D eigenvalue weighted by Crippen LogP contribution is 2.17. The monoisotopic (exact) mass is 262 g/mol. The Kier molecular flexibility index (Phi) is 3.84. The van der Waals surface area contributed by atoms with Crippen LogP contribution in [0.4, 0.5) is 5.69 Å². The van der Waals surface area contributed by atoms with Crippen molar-refractivity contribution in [2.45, 2.75) is 26.3 Å². The number of rotatable bonds is 5. The predicted molar refractivity (Wildman–Crippen MR) is 71.4 cm³/mol.